The molecule has 2 rings (SSSR count). The van der Waals surface area contributed by atoms with Gasteiger partial charge in [-0.2, -0.15) is 0 Å². The number of imidazole rings is 1. The van der Waals surface area contributed by atoms with E-state index in [0.717, 1.165) is 17.7 Å². The van der Waals surface area contributed by atoms with Crippen molar-refractivity contribution >= 4 is 6.29 Å². The van der Waals surface area contributed by atoms with E-state index in [-0.39, 0.29) is 0 Å². The Morgan fingerprint density at radius 1 is 1.29 bits per heavy atom. The van der Waals surface area contributed by atoms with Gasteiger partial charge >= 0.3 is 0 Å². The third kappa shape index (κ3) is 1.54. The van der Waals surface area contributed by atoms with Crippen LogP contribution >= 0.6 is 0 Å². The lowest BCUT2D eigenvalue weighted by molar-refractivity contribution is -0.108. The zero-order chi connectivity index (χ0) is 9.80. The molecule has 0 saturated heterocycles. The molecule has 0 radical (unpaired) electrons. The maximum absolute atomic E-state index is 10.4. The first-order chi connectivity index (χ1) is 6.92. The van der Waals surface area contributed by atoms with Crippen molar-refractivity contribution in [2.24, 2.45) is 0 Å². The van der Waals surface area contributed by atoms with E-state index in [1.165, 1.54) is 0 Å². The number of aromatic nitrogens is 3. The molecule has 0 aliphatic rings. The fourth-order valence-electron chi connectivity index (χ4n) is 1.30. The molecule has 2 aromatic heterocycles. The highest BCUT2D eigenvalue weighted by atomic mass is 16.1. The number of rotatable bonds is 3. The summed E-state index contributed by atoms with van der Waals surface area (Å²) in [4.78, 5) is 18.5. The fraction of sp³-hybridized carbons (Fsp3) is 0.100. The number of nitrogens with zero attached hydrogens (tertiary/aromatic N) is 3. The van der Waals surface area contributed by atoms with E-state index in [0.29, 0.717) is 6.54 Å². The van der Waals surface area contributed by atoms with E-state index < -0.39 is 0 Å². The van der Waals surface area contributed by atoms with Crippen LogP contribution < -0.4 is 0 Å². The Balaban J connectivity index is 2.41. The zero-order valence-corrected chi connectivity index (χ0v) is 7.50. The lowest BCUT2D eigenvalue weighted by Crippen LogP contribution is -1.99. The molecule has 0 aromatic carbocycles. The van der Waals surface area contributed by atoms with Crippen LogP contribution in [-0.2, 0) is 11.3 Å². The van der Waals surface area contributed by atoms with Gasteiger partial charge in [-0.25, -0.2) is 4.98 Å². The van der Waals surface area contributed by atoms with Gasteiger partial charge in [0.05, 0.1) is 6.54 Å². The summed E-state index contributed by atoms with van der Waals surface area (Å²) in [7, 11) is 0. The summed E-state index contributed by atoms with van der Waals surface area (Å²) in [5.41, 5.74) is 0.965. The molecule has 0 aliphatic heterocycles. The topological polar surface area (TPSA) is 47.8 Å². The first kappa shape index (κ1) is 8.62. The summed E-state index contributed by atoms with van der Waals surface area (Å²) in [6, 6.07) is 3.73. The average Bonchev–Trinajstić information content (AvgIpc) is 2.68. The van der Waals surface area contributed by atoms with E-state index in [1.54, 1.807) is 29.4 Å². The molecule has 2 aromatic rings. The van der Waals surface area contributed by atoms with Crippen LogP contribution in [0.4, 0.5) is 0 Å². The van der Waals surface area contributed by atoms with E-state index in [1.807, 2.05) is 12.1 Å². The monoisotopic (exact) mass is 187 g/mol. The van der Waals surface area contributed by atoms with Crippen molar-refractivity contribution in [1.82, 2.24) is 14.5 Å². The van der Waals surface area contributed by atoms with E-state index in [9.17, 15) is 4.79 Å². The van der Waals surface area contributed by atoms with Gasteiger partial charge in [-0.3, -0.25) is 4.98 Å². The molecule has 0 unspecified atom stereocenters. The van der Waals surface area contributed by atoms with Crippen LogP contribution in [0.3, 0.4) is 0 Å². The number of hydrogen-bond acceptors (Lipinski definition) is 3. The van der Waals surface area contributed by atoms with Crippen molar-refractivity contribution in [2.75, 3.05) is 0 Å². The molecule has 4 nitrogen and oxygen atoms in total. The molecule has 0 amide bonds. The normalized spacial score (nSPS) is 10.0. The molecular weight excluding hydrogens is 178 g/mol. The zero-order valence-electron chi connectivity index (χ0n) is 7.50. The summed E-state index contributed by atoms with van der Waals surface area (Å²) >= 11 is 0. The minimum atomic E-state index is 0.331. The second-order valence-electron chi connectivity index (χ2n) is 2.81. The lowest BCUT2D eigenvalue weighted by Gasteiger charge is -2.02. The Bertz CT molecular complexity index is 422. The Kier molecular flexibility index (Phi) is 2.36. The predicted octanol–water partition coefficient (Wildman–Crippen LogP) is 1.14. The Morgan fingerprint density at radius 3 is 2.79 bits per heavy atom. The summed E-state index contributed by atoms with van der Waals surface area (Å²) in [6.45, 7) is 0.331. The number of carbonyl (C=O) groups excluding carboxylic acids is 1. The van der Waals surface area contributed by atoms with Crippen molar-refractivity contribution < 1.29 is 4.79 Å². The Hall–Kier alpha value is -1.97. The van der Waals surface area contributed by atoms with Crippen molar-refractivity contribution in [3.8, 4) is 11.4 Å². The van der Waals surface area contributed by atoms with E-state index in [4.69, 9.17) is 0 Å². The molecule has 0 bridgehead atoms. The maximum Gasteiger partial charge on any atom is 0.140 e. The van der Waals surface area contributed by atoms with Crippen LogP contribution in [0.15, 0.2) is 36.9 Å². The molecule has 0 fully saturated rings. The molecule has 70 valence electrons. The Labute approximate surface area is 81.2 Å². The van der Waals surface area contributed by atoms with Crippen LogP contribution in [0.25, 0.3) is 11.4 Å². The SMILES string of the molecule is O=CCn1ccnc1-c1ccncc1. The number of hydrogen-bond donors (Lipinski definition) is 0. The van der Waals surface area contributed by atoms with Crippen molar-refractivity contribution in [3.05, 3.63) is 36.9 Å². The maximum atomic E-state index is 10.4. The van der Waals surface area contributed by atoms with Gasteiger partial charge in [-0.15, -0.1) is 0 Å². The smallest absolute Gasteiger partial charge is 0.140 e. The van der Waals surface area contributed by atoms with Crippen molar-refractivity contribution in [3.63, 3.8) is 0 Å². The molecule has 0 aliphatic carbocycles. The second-order valence-corrected chi connectivity index (χ2v) is 2.81. The van der Waals surface area contributed by atoms with Gasteiger partial charge in [0, 0.05) is 30.4 Å². The van der Waals surface area contributed by atoms with Crippen LogP contribution in [0.1, 0.15) is 0 Å². The van der Waals surface area contributed by atoms with Gasteiger partial charge in [-0.1, -0.05) is 0 Å². The average molecular weight is 187 g/mol. The van der Waals surface area contributed by atoms with Crippen LogP contribution in [-0.4, -0.2) is 20.8 Å². The van der Waals surface area contributed by atoms with Crippen LogP contribution in [0.5, 0.6) is 0 Å². The molecule has 2 heterocycles. The highest BCUT2D eigenvalue weighted by Gasteiger charge is 2.03. The second kappa shape index (κ2) is 3.83. The first-order valence-corrected chi connectivity index (χ1v) is 4.27. The summed E-state index contributed by atoms with van der Waals surface area (Å²) in [5.74, 6) is 0.791. The predicted molar refractivity (Wildman–Crippen MR) is 51.5 cm³/mol. The quantitative estimate of drug-likeness (QED) is 0.677. The van der Waals surface area contributed by atoms with Gasteiger partial charge in [0.2, 0.25) is 0 Å². The molecule has 0 atom stereocenters. The highest BCUT2D eigenvalue weighted by molar-refractivity contribution is 5.57. The van der Waals surface area contributed by atoms with Gasteiger partial charge in [-0.05, 0) is 12.1 Å². The van der Waals surface area contributed by atoms with Gasteiger partial charge < -0.3 is 9.36 Å². The minimum Gasteiger partial charge on any atom is -0.324 e. The Morgan fingerprint density at radius 2 is 2.07 bits per heavy atom. The summed E-state index contributed by atoms with van der Waals surface area (Å²) < 4.78 is 1.79. The number of pyridine rings is 1. The first-order valence-electron chi connectivity index (χ1n) is 4.27. The highest BCUT2D eigenvalue weighted by Crippen LogP contribution is 2.15. The lowest BCUT2D eigenvalue weighted by atomic mass is 10.2. The molecule has 14 heavy (non-hydrogen) atoms. The molecular formula is C10H9N3O. The van der Waals surface area contributed by atoms with Gasteiger partial charge in [0.25, 0.3) is 0 Å². The molecule has 0 spiro atoms. The van der Waals surface area contributed by atoms with E-state index >= 15 is 0 Å². The summed E-state index contributed by atoms with van der Waals surface area (Å²) in [5, 5.41) is 0. The molecule has 0 N–H and O–H groups in total. The summed E-state index contributed by atoms with van der Waals surface area (Å²) in [6.07, 6.45) is 7.72. The fourth-order valence-corrected chi connectivity index (χ4v) is 1.30. The third-order valence-corrected chi connectivity index (χ3v) is 1.93. The number of aldehydes is 1. The standard InChI is InChI=1S/C10H9N3O/c14-8-7-13-6-5-12-10(13)9-1-3-11-4-2-9/h1-6,8H,7H2. The van der Waals surface area contributed by atoms with E-state index in [2.05, 4.69) is 9.97 Å². The van der Waals surface area contributed by atoms with Crippen LogP contribution in [0, 0.1) is 0 Å². The molecule has 0 saturated carbocycles. The van der Waals surface area contributed by atoms with Gasteiger partial charge in [0.15, 0.2) is 0 Å². The number of carbonyl (C=O) groups is 1. The minimum absolute atomic E-state index is 0.331. The van der Waals surface area contributed by atoms with Crippen molar-refractivity contribution in [1.29, 1.82) is 0 Å². The van der Waals surface area contributed by atoms with Crippen LogP contribution in [0.2, 0.25) is 0 Å². The molecule has 4 heteroatoms. The van der Waals surface area contributed by atoms with Gasteiger partial charge in [0.1, 0.15) is 12.1 Å². The third-order valence-electron chi connectivity index (χ3n) is 1.93. The van der Waals surface area contributed by atoms with Crippen molar-refractivity contribution in [2.45, 2.75) is 6.54 Å². The largest absolute Gasteiger partial charge is 0.324 e.